The maximum absolute atomic E-state index is 14.0. The molecule has 0 aliphatic heterocycles. The van der Waals surface area contributed by atoms with Crippen LogP contribution in [0.3, 0.4) is 0 Å². The quantitative estimate of drug-likeness (QED) is 0.170. The number of hydrogen-bond acceptors (Lipinski definition) is 4. The first kappa shape index (κ1) is 31.0. The van der Waals surface area contributed by atoms with Crippen LogP contribution >= 0.6 is 34.8 Å². The van der Waals surface area contributed by atoms with E-state index in [1.165, 1.54) is 13.2 Å². The first-order chi connectivity index (χ1) is 19.7. The van der Waals surface area contributed by atoms with Crippen LogP contribution < -0.4 is 10.6 Å². The molecule has 1 heterocycles. The van der Waals surface area contributed by atoms with E-state index in [-0.39, 0.29) is 36.1 Å². The Morgan fingerprint density at radius 2 is 1.61 bits per heavy atom. The molecular formula is C30H25AsCl3FN3O3. The molecule has 211 valence electrons. The second kappa shape index (κ2) is 14.8. The average molecular weight is 676 g/mol. The van der Waals surface area contributed by atoms with Crippen molar-refractivity contribution in [3.8, 4) is 22.4 Å². The molecule has 0 saturated carbocycles. The summed E-state index contributed by atoms with van der Waals surface area (Å²) in [5.74, 6) is -0.668. The number of methoxy groups -OCH3 is 1. The van der Waals surface area contributed by atoms with E-state index in [0.29, 0.717) is 42.8 Å². The maximum atomic E-state index is 14.0. The van der Waals surface area contributed by atoms with Crippen LogP contribution in [0.5, 0.6) is 0 Å². The van der Waals surface area contributed by atoms with Gasteiger partial charge in [-0.3, -0.25) is 0 Å². The van der Waals surface area contributed by atoms with E-state index in [4.69, 9.17) is 44.5 Å². The van der Waals surface area contributed by atoms with Crippen LogP contribution in [0.15, 0.2) is 72.8 Å². The summed E-state index contributed by atoms with van der Waals surface area (Å²) < 4.78 is 18.8. The average Bonchev–Trinajstić information content (AvgIpc) is 2.95. The third-order valence-electron chi connectivity index (χ3n) is 6.04. The number of nitrogens with zero attached hydrogens (tertiary/aromatic N) is 1. The van der Waals surface area contributed by atoms with Crippen molar-refractivity contribution in [3.05, 3.63) is 111 Å². The minimum absolute atomic E-state index is 0.0950. The molecule has 4 rings (SSSR count). The van der Waals surface area contributed by atoms with Gasteiger partial charge in [-0.05, 0) is 0 Å². The summed E-state index contributed by atoms with van der Waals surface area (Å²) in [4.78, 5) is 30.0. The van der Waals surface area contributed by atoms with E-state index in [0.717, 1.165) is 16.7 Å². The Balaban J connectivity index is 1.70. The monoisotopic (exact) mass is 674 g/mol. The van der Waals surface area contributed by atoms with Crippen molar-refractivity contribution in [2.75, 3.05) is 13.7 Å². The predicted octanol–water partition coefficient (Wildman–Crippen LogP) is 6.89. The summed E-state index contributed by atoms with van der Waals surface area (Å²) >= 11 is 18.0. The summed E-state index contributed by atoms with van der Waals surface area (Å²) in [6.07, 6.45) is 0. The van der Waals surface area contributed by atoms with Crippen LogP contribution in [0.1, 0.15) is 16.8 Å². The summed E-state index contributed by atoms with van der Waals surface area (Å²) in [7, 11) is 1.44. The molecule has 2 amide bonds. The number of carbonyl (C=O) groups excluding carboxylic acids is 2. The van der Waals surface area contributed by atoms with Gasteiger partial charge in [-0.25, -0.2) is 0 Å². The van der Waals surface area contributed by atoms with Crippen molar-refractivity contribution in [1.29, 1.82) is 0 Å². The fourth-order valence-electron chi connectivity index (χ4n) is 4.01. The number of amides is 2. The van der Waals surface area contributed by atoms with Crippen molar-refractivity contribution in [1.82, 2.24) is 15.6 Å². The second-order valence-corrected chi connectivity index (χ2v) is 12.4. The summed E-state index contributed by atoms with van der Waals surface area (Å²) in [5.41, 5.74) is 4.67. The number of benzene rings is 3. The van der Waals surface area contributed by atoms with Crippen LogP contribution in [0, 0.1) is 5.82 Å². The number of halogens is 4. The van der Waals surface area contributed by atoms with Gasteiger partial charge >= 0.3 is 260 Å². The Bertz CT molecular complexity index is 1550. The molecule has 6 nitrogen and oxygen atoms in total. The Labute approximate surface area is 259 Å². The van der Waals surface area contributed by atoms with E-state index in [1.807, 2.05) is 24.3 Å². The number of rotatable bonds is 11. The van der Waals surface area contributed by atoms with Gasteiger partial charge in [0.2, 0.25) is 0 Å². The minimum atomic E-state index is -0.889. The molecule has 0 unspecified atom stereocenters. The molecule has 1 aromatic heterocycles. The normalized spacial score (nSPS) is 11.1. The molecule has 4 aromatic rings. The van der Waals surface area contributed by atoms with Gasteiger partial charge in [0.25, 0.3) is 0 Å². The number of pyridine rings is 1. The van der Waals surface area contributed by atoms with Crippen LogP contribution in [0.25, 0.3) is 22.4 Å². The zero-order valence-corrected chi connectivity index (χ0v) is 26.0. The first-order valence-corrected chi connectivity index (χ1v) is 15.8. The van der Waals surface area contributed by atoms with Gasteiger partial charge < -0.3 is 0 Å². The van der Waals surface area contributed by atoms with E-state index in [1.54, 1.807) is 42.5 Å². The van der Waals surface area contributed by atoms with Crippen molar-refractivity contribution in [3.63, 3.8) is 0 Å². The number of hydrogen-bond donors (Lipinski definition) is 2. The summed E-state index contributed by atoms with van der Waals surface area (Å²) in [5, 5.41) is 7.55. The fourth-order valence-corrected chi connectivity index (χ4v) is 6.28. The Hall–Kier alpha value is -2.93. The molecular weight excluding hydrogens is 651 g/mol. The zero-order valence-electron chi connectivity index (χ0n) is 21.9. The Kier molecular flexibility index (Phi) is 11.2. The van der Waals surface area contributed by atoms with Crippen LogP contribution in [-0.4, -0.2) is 45.1 Å². The summed E-state index contributed by atoms with van der Waals surface area (Å²) in [6.45, 7) is 0.132. The van der Waals surface area contributed by atoms with Gasteiger partial charge in [-0.2, -0.15) is 0 Å². The predicted molar refractivity (Wildman–Crippen MR) is 162 cm³/mol. The second-order valence-electron chi connectivity index (χ2n) is 8.90. The first-order valence-electron chi connectivity index (χ1n) is 12.4. The van der Waals surface area contributed by atoms with Crippen LogP contribution in [0.2, 0.25) is 15.1 Å². The fraction of sp³-hybridized carbons (Fsp3) is 0.167. The molecule has 3 aromatic carbocycles. The van der Waals surface area contributed by atoms with E-state index in [2.05, 4.69) is 10.6 Å². The molecule has 0 spiro atoms. The number of nitrogens with one attached hydrogen (secondary N) is 2. The van der Waals surface area contributed by atoms with Crippen molar-refractivity contribution in [2.24, 2.45) is 0 Å². The molecule has 0 atom stereocenters. The third kappa shape index (κ3) is 8.54. The van der Waals surface area contributed by atoms with Gasteiger partial charge in [0.15, 0.2) is 0 Å². The molecule has 41 heavy (non-hydrogen) atoms. The molecule has 11 heteroatoms. The van der Waals surface area contributed by atoms with E-state index < -0.39 is 15.8 Å². The molecule has 1 radical (unpaired) electrons. The third-order valence-corrected chi connectivity index (χ3v) is 8.82. The SMILES string of the molecule is COCC(=O)NCc1nc(-c2ccc(Cl)cc2)c(-c2ccc(Cl)cc2Cl)cc1C[As]C(=O)NCc1ccccc1F. The Morgan fingerprint density at radius 3 is 2.32 bits per heavy atom. The van der Waals surface area contributed by atoms with Gasteiger partial charge in [-0.15, -0.1) is 0 Å². The summed E-state index contributed by atoms with van der Waals surface area (Å²) in [6, 6.07) is 20.7. The van der Waals surface area contributed by atoms with Crippen molar-refractivity contribution < 1.29 is 18.7 Å². The molecule has 0 bridgehead atoms. The number of aromatic nitrogens is 1. The van der Waals surface area contributed by atoms with E-state index >= 15 is 0 Å². The Morgan fingerprint density at radius 1 is 0.878 bits per heavy atom. The zero-order chi connectivity index (χ0) is 29.4. The van der Waals surface area contributed by atoms with Crippen molar-refractivity contribution >= 4 is 61.2 Å². The van der Waals surface area contributed by atoms with Gasteiger partial charge in [0.1, 0.15) is 0 Å². The molecule has 0 fully saturated rings. The van der Waals surface area contributed by atoms with Crippen molar-refractivity contribution in [2.45, 2.75) is 18.3 Å². The van der Waals surface area contributed by atoms with Gasteiger partial charge in [-0.1, -0.05) is 0 Å². The number of carbonyl (C=O) groups is 2. The molecule has 0 aliphatic rings. The van der Waals surface area contributed by atoms with Gasteiger partial charge in [0, 0.05) is 0 Å². The molecule has 0 aliphatic carbocycles. The van der Waals surface area contributed by atoms with Crippen LogP contribution in [-0.2, 0) is 27.8 Å². The molecule has 0 saturated heterocycles. The van der Waals surface area contributed by atoms with Gasteiger partial charge in [0.05, 0.1) is 0 Å². The standard InChI is InChI=1S/C30H25AsCl3FN3O3/c1-41-17-28(39)36-16-27-20(14-31-30(40)37-15-19-4-2-3-5-26(19)35)12-24(23-11-10-22(33)13-25(23)34)29(38-27)18-6-8-21(32)9-7-18/h2-13H,14-17H2,1H3,(H,36,39)(H,37,40). The topological polar surface area (TPSA) is 80.3 Å². The number of ether oxygens (including phenoxy) is 1. The van der Waals surface area contributed by atoms with E-state index in [9.17, 15) is 14.0 Å². The van der Waals surface area contributed by atoms with Crippen LogP contribution in [0.4, 0.5) is 9.18 Å². The molecule has 2 N–H and O–H groups in total.